The van der Waals surface area contributed by atoms with Gasteiger partial charge >= 0.3 is 8.80 Å². The van der Waals surface area contributed by atoms with Crippen LogP contribution < -0.4 is 0 Å². The Bertz CT molecular complexity index is 194. The second-order valence-corrected chi connectivity index (χ2v) is 7.76. The van der Waals surface area contributed by atoms with Crippen LogP contribution in [-0.2, 0) is 13.3 Å². The molecule has 17 heavy (non-hydrogen) atoms. The number of rotatable bonds is 7. The lowest BCUT2D eigenvalue weighted by molar-refractivity contribution is 0.0533. The highest BCUT2D eigenvalue weighted by Gasteiger charge is 2.49. The van der Waals surface area contributed by atoms with Crippen LogP contribution in [0.15, 0.2) is 0 Å². The Balaban J connectivity index is 2.76. The summed E-state index contributed by atoms with van der Waals surface area (Å²) in [5, 5.41) is 0. The van der Waals surface area contributed by atoms with E-state index in [4.69, 9.17) is 13.3 Å². The van der Waals surface area contributed by atoms with Crippen LogP contribution in [0.3, 0.4) is 0 Å². The zero-order valence-corrected chi connectivity index (χ0v) is 12.8. The van der Waals surface area contributed by atoms with E-state index in [0.717, 1.165) is 5.92 Å². The Morgan fingerprint density at radius 3 is 1.88 bits per heavy atom. The fourth-order valence-corrected chi connectivity index (χ4v) is 6.25. The van der Waals surface area contributed by atoms with Gasteiger partial charge < -0.3 is 13.3 Å². The van der Waals surface area contributed by atoms with Gasteiger partial charge in [0.05, 0.1) is 0 Å². The number of hydrogen-bond acceptors (Lipinski definition) is 3. The minimum absolute atomic E-state index is 0.506. The van der Waals surface area contributed by atoms with Crippen molar-refractivity contribution in [2.24, 2.45) is 5.92 Å². The maximum Gasteiger partial charge on any atom is 0.504 e. The summed E-state index contributed by atoms with van der Waals surface area (Å²) < 4.78 is 18.0. The molecule has 0 spiro atoms. The van der Waals surface area contributed by atoms with E-state index in [0.29, 0.717) is 25.4 Å². The number of hydrogen-bond donors (Lipinski definition) is 0. The molecule has 0 aromatic heterocycles. The summed E-state index contributed by atoms with van der Waals surface area (Å²) in [7, 11) is -2.44. The highest BCUT2D eigenvalue weighted by atomic mass is 28.4. The summed E-state index contributed by atoms with van der Waals surface area (Å²) in [6.07, 6.45) is 5.03. The molecule has 0 aromatic carbocycles. The third kappa shape index (κ3) is 4.05. The van der Waals surface area contributed by atoms with E-state index in [-0.39, 0.29) is 0 Å². The third-order valence-corrected chi connectivity index (χ3v) is 7.07. The zero-order chi connectivity index (χ0) is 12.7. The van der Waals surface area contributed by atoms with Gasteiger partial charge in [-0.05, 0) is 39.5 Å². The average Bonchev–Trinajstić information content (AvgIpc) is 2.30. The normalized spacial score (nSPS) is 26.1. The van der Waals surface area contributed by atoms with Crippen molar-refractivity contribution >= 4 is 8.80 Å². The zero-order valence-electron chi connectivity index (χ0n) is 11.8. The van der Waals surface area contributed by atoms with Gasteiger partial charge in [0.15, 0.2) is 0 Å². The lowest BCUT2D eigenvalue weighted by Gasteiger charge is -2.38. The molecule has 0 aromatic rings. The predicted octanol–water partition coefficient (Wildman–Crippen LogP) is 3.62. The van der Waals surface area contributed by atoms with E-state index >= 15 is 0 Å². The maximum atomic E-state index is 5.99. The highest BCUT2D eigenvalue weighted by Crippen LogP contribution is 2.41. The second-order valence-electron chi connectivity index (χ2n) is 4.87. The summed E-state index contributed by atoms with van der Waals surface area (Å²) in [6.45, 7) is 10.5. The van der Waals surface area contributed by atoms with E-state index < -0.39 is 8.80 Å². The van der Waals surface area contributed by atoms with Gasteiger partial charge in [-0.15, -0.1) is 0 Å². The molecule has 1 rings (SSSR count). The van der Waals surface area contributed by atoms with Crippen molar-refractivity contribution in [1.82, 2.24) is 0 Å². The molecular weight excluding hydrogens is 232 g/mol. The molecule has 4 heteroatoms. The third-order valence-electron chi connectivity index (χ3n) is 3.47. The smallest absolute Gasteiger partial charge is 0.374 e. The molecule has 1 aliphatic rings. The van der Waals surface area contributed by atoms with Crippen molar-refractivity contribution in [1.29, 1.82) is 0 Å². The first-order valence-electron chi connectivity index (χ1n) is 7.10. The minimum atomic E-state index is -2.44. The Morgan fingerprint density at radius 2 is 1.47 bits per heavy atom. The van der Waals surface area contributed by atoms with Gasteiger partial charge in [0.2, 0.25) is 0 Å². The summed E-state index contributed by atoms with van der Waals surface area (Å²) in [5.74, 6) is 0.780. The summed E-state index contributed by atoms with van der Waals surface area (Å²) in [5.41, 5.74) is 0.506. The molecule has 102 valence electrons. The molecule has 3 nitrogen and oxygen atoms in total. The molecule has 1 aliphatic carbocycles. The van der Waals surface area contributed by atoms with Gasteiger partial charge in [-0.2, -0.15) is 0 Å². The SMILES string of the molecule is CCO[Si](OCC)(OCC)C1CCCC(C)C1. The van der Waals surface area contributed by atoms with Crippen LogP contribution in [0.4, 0.5) is 0 Å². The van der Waals surface area contributed by atoms with Crippen LogP contribution in [-0.4, -0.2) is 28.6 Å². The Morgan fingerprint density at radius 1 is 0.941 bits per heavy atom. The van der Waals surface area contributed by atoms with Gasteiger partial charge in [-0.3, -0.25) is 0 Å². The topological polar surface area (TPSA) is 27.7 Å². The lowest BCUT2D eigenvalue weighted by atomic mass is 9.90. The summed E-state index contributed by atoms with van der Waals surface area (Å²) in [6, 6.07) is 0. The van der Waals surface area contributed by atoms with E-state index in [2.05, 4.69) is 6.92 Å². The van der Waals surface area contributed by atoms with Crippen LogP contribution >= 0.6 is 0 Å². The van der Waals surface area contributed by atoms with Crippen LogP contribution in [0.5, 0.6) is 0 Å². The Labute approximate surface area is 107 Å². The van der Waals surface area contributed by atoms with Gasteiger partial charge in [0.25, 0.3) is 0 Å². The van der Waals surface area contributed by atoms with E-state index in [1.807, 2.05) is 20.8 Å². The minimum Gasteiger partial charge on any atom is -0.374 e. The first kappa shape index (κ1) is 15.2. The first-order chi connectivity index (χ1) is 8.18. The molecule has 0 bridgehead atoms. The van der Waals surface area contributed by atoms with Gasteiger partial charge in [-0.25, -0.2) is 0 Å². The van der Waals surface area contributed by atoms with Crippen LogP contribution in [0, 0.1) is 5.92 Å². The summed E-state index contributed by atoms with van der Waals surface area (Å²) in [4.78, 5) is 0. The molecule has 0 radical (unpaired) electrons. The molecule has 2 atom stereocenters. The van der Waals surface area contributed by atoms with Crippen molar-refractivity contribution in [3.8, 4) is 0 Å². The van der Waals surface area contributed by atoms with E-state index in [1.54, 1.807) is 0 Å². The van der Waals surface area contributed by atoms with E-state index in [9.17, 15) is 0 Å². The lowest BCUT2D eigenvalue weighted by Crippen LogP contribution is -2.51. The molecule has 0 heterocycles. The van der Waals surface area contributed by atoms with Crippen LogP contribution in [0.1, 0.15) is 53.4 Å². The fraction of sp³-hybridized carbons (Fsp3) is 1.00. The predicted molar refractivity (Wildman–Crippen MR) is 72.0 cm³/mol. The summed E-state index contributed by atoms with van der Waals surface area (Å²) >= 11 is 0. The Kier molecular flexibility index (Phi) is 6.70. The van der Waals surface area contributed by atoms with Crippen molar-refractivity contribution in [2.45, 2.75) is 58.9 Å². The fourth-order valence-electron chi connectivity index (χ4n) is 2.84. The molecule has 0 aliphatic heterocycles. The molecule has 0 N–H and O–H groups in total. The first-order valence-corrected chi connectivity index (χ1v) is 8.90. The van der Waals surface area contributed by atoms with Gasteiger partial charge in [0, 0.05) is 25.4 Å². The molecule has 0 amide bonds. The van der Waals surface area contributed by atoms with Crippen LogP contribution in [0.25, 0.3) is 0 Å². The van der Waals surface area contributed by atoms with Crippen molar-refractivity contribution in [3.05, 3.63) is 0 Å². The Hall–Kier alpha value is 0.0969. The van der Waals surface area contributed by atoms with Gasteiger partial charge in [-0.1, -0.05) is 19.8 Å². The molecule has 0 saturated heterocycles. The van der Waals surface area contributed by atoms with Crippen molar-refractivity contribution in [2.75, 3.05) is 19.8 Å². The monoisotopic (exact) mass is 260 g/mol. The second kappa shape index (κ2) is 7.51. The van der Waals surface area contributed by atoms with Crippen molar-refractivity contribution < 1.29 is 13.3 Å². The average molecular weight is 260 g/mol. The standard InChI is InChI=1S/C13H28O3Si/c1-5-14-17(15-6-2,16-7-3)13-10-8-9-12(4)11-13/h12-13H,5-11H2,1-4H3. The maximum absolute atomic E-state index is 5.99. The molecule has 1 fully saturated rings. The van der Waals surface area contributed by atoms with Crippen LogP contribution in [0.2, 0.25) is 5.54 Å². The molecule has 1 saturated carbocycles. The largest absolute Gasteiger partial charge is 0.504 e. The molecule has 2 unspecified atom stereocenters. The van der Waals surface area contributed by atoms with Crippen molar-refractivity contribution in [3.63, 3.8) is 0 Å². The highest BCUT2D eigenvalue weighted by molar-refractivity contribution is 6.62. The van der Waals surface area contributed by atoms with E-state index in [1.165, 1.54) is 25.7 Å². The quantitative estimate of drug-likeness (QED) is 0.654. The van der Waals surface area contributed by atoms with Gasteiger partial charge in [0.1, 0.15) is 0 Å². The molecular formula is C13H28O3Si.